The van der Waals surface area contributed by atoms with Crippen LogP contribution in [-0.4, -0.2) is 36.9 Å². The largest absolute Gasteiger partial charge is 0.388 e. The van der Waals surface area contributed by atoms with E-state index in [1.807, 2.05) is 0 Å². The molecular formula is C14H29NO3. The highest BCUT2D eigenvalue weighted by molar-refractivity contribution is 5.78. The van der Waals surface area contributed by atoms with E-state index in [-0.39, 0.29) is 11.8 Å². The van der Waals surface area contributed by atoms with E-state index in [0.29, 0.717) is 19.6 Å². The lowest BCUT2D eigenvalue weighted by molar-refractivity contribution is -0.126. The highest BCUT2D eigenvalue weighted by Gasteiger charge is 2.23. The summed E-state index contributed by atoms with van der Waals surface area (Å²) in [5.74, 6) is 0.148. The summed E-state index contributed by atoms with van der Waals surface area (Å²) in [5, 5.41) is 12.9. The second-order valence-corrected chi connectivity index (χ2v) is 5.23. The van der Waals surface area contributed by atoms with Gasteiger partial charge in [0.05, 0.1) is 5.60 Å². The third-order valence-electron chi connectivity index (χ3n) is 3.13. The zero-order chi connectivity index (χ0) is 14.0. The maximum atomic E-state index is 12.0. The first-order chi connectivity index (χ1) is 8.46. The van der Waals surface area contributed by atoms with E-state index in [2.05, 4.69) is 19.2 Å². The lowest BCUT2D eigenvalue weighted by Crippen LogP contribution is -2.43. The summed E-state index contributed by atoms with van der Waals surface area (Å²) in [6.07, 6.45) is 4.38. The van der Waals surface area contributed by atoms with Crippen molar-refractivity contribution in [2.45, 2.75) is 58.5 Å². The normalized spacial score (nSPS) is 14.6. The Bertz CT molecular complexity index is 223. The first kappa shape index (κ1) is 17.4. The summed E-state index contributed by atoms with van der Waals surface area (Å²) < 4.78 is 4.94. The van der Waals surface area contributed by atoms with Crippen LogP contribution in [-0.2, 0) is 9.53 Å². The molecule has 4 nitrogen and oxygen atoms in total. The quantitative estimate of drug-likeness (QED) is 0.631. The molecule has 0 radical (unpaired) electrons. The lowest BCUT2D eigenvalue weighted by Gasteiger charge is -2.25. The number of hydrogen-bond acceptors (Lipinski definition) is 3. The number of carbonyl (C=O) groups excluding carboxylic acids is 1. The summed E-state index contributed by atoms with van der Waals surface area (Å²) in [7, 11) is 1.60. The maximum absolute atomic E-state index is 12.0. The van der Waals surface area contributed by atoms with Crippen molar-refractivity contribution in [3.05, 3.63) is 0 Å². The molecule has 0 aromatic heterocycles. The molecule has 0 aliphatic heterocycles. The number of hydrogen-bond donors (Lipinski definition) is 2. The summed E-state index contributed by atoms with van der Waals surface area (Å²) in [5.41, 5.74) is -0.894. The van der Waals surface area contributed by atoms with Crippen molar-refractivity contribution < 1.29 is 14.6 Å². The average molecular weight is 259 g/mol. The Labute approximate surface area is 111 Å². The third-order valence-corrected chi connectivity index (χ3v) is 3.13. The lowest BCUT2D eigenvalue weighted by atomic mass is 9.96. The van der Waals surface area contributed by atoms with Crippen molar-refractivity contribution in [2.24, 2.45) is 5.92 Å². The summed E-state index contributed by atoms with van der Waals surface area (Å²) >= 11 is 0. The molecule has 2 N–H and O–H groups in total. The second kappa shape index (κ2) is 9.34. The predicted octanol–water partition coefficient (Wildman–Crippen LogP) is 2.11. The molecule has 1 unspecified atom stereocenters. The van der Waals surface area contributed by atoms with Crippen molar-refractivity contribution in [3.8, 4) is 0 Å². The number of amides is 1. The molecular weight excluding hydrogens is 230 g/mol. The van der Waals surface area contributed by atoms with Crippen LogP contribution in [0.1, 0.15) is 52.9 Å². The number of rotatable bonds is 10. The molecule has 0 spiro atoms. The van der Waals surface area contributed by atoms with Crippen molar-refractivity contribution in [1.82, 2.24) is 5.32 Å². The summed E-state index contributed by atoms with van der Waals surface area (Å²) in [6, 6.07) is 0. The van der Waals surface area contributed by atoms with Gasteiger partial charge in [0.25, 0.3) is 0 Å². The standard InChI is InChI=1S/C14H29NO3/c1-5-7-12(8-6-2)13(16)15-11-14(3,17)9-10-18-4/h12,17H,5-11H2,1-4H3,(H,15,16). The Morgan fingerprint density at radius 2 is 1.89 bits per heavy atom. The molecule has 0 aromatic carbocycles. The average Bonchev–Trinajstić information content (AvgIpc) is 2.33. The fourth-order valence-corrected chi connectivity index (χ4v) is 1.94. The van der Waals surface area contributed by atoms with Crippen LogP contribution in [0.25, 0.3) is 0 Å². The van der Waals surface area contributed by atoms with Gasteiger partial charge in [-0.05, 0) is 19.8 Å². The number of carbonyl (C=O) groups is 1. The Balaban J connectivity index is 4.12. The minimum atomic E-state index is -0.894. The van der Waals surface area contributed by atoms with Crippen LogP contribution in [0, 0.1) is 5.92 Å². The first-order valence-corrected chi connectivity index (χ1v) is 6.95. The maximum Gasteiger partial charge on any atom is 0.223 e. The summed E-state index contributed by atoms with van der Waals surface area (Å²) in [6.45, 7) is 6.69. The Hall–Kier alpha value is -0.610. The minimum Gasteiger partial charge on any atom is -0.388 e. The smallest absolute Gasteiger partial charge is 0.223 e. The molecule has 0 fully saturated rings. The van der Waals surface area contributed by atoms with Gasteiger partial charge < -0.3 is 15.2 Å². The SMILES string of the molecule is CCCC(CCC)C(=O)NCC(C)(O)CCOC. The molecule has 0 aliphatic rings. The van der Waals surface area contributed by atoms with Gasteiger partial charge in [-0.3, -0.25) is 4.79 Å². The van der Waals surface area contributed by atoms with Gasteiger partial charge in [-0.2, -0.15) is 0 Å². The van der Waals surface area contributed by atoms with Gasteiger partial charge in [0.1, 0.15) is 0 Å². The Morgan fingerprint density at radius 3 is 2.33 bits per heavy atom. The van der Waals surface area contributed by atoms with Gasteiger partial charge in [-0.25, -0.2) is 0 Å². The molecule has 1 amide bonds. The van der Waals surface area contributed by atoms with E-state index in [4.69, 9.17) is 4.74 Å². The van der Waals surface area contributed by atoms with Crippen LogP contribution >= 0.6 is 0 Å². The molecule has 0 rings (SSSR count). The van der Waals surface area contributed by atoms with Gasteiger partial charge in [-0.15, -0.1) is 0 Å². The van der Waals surface area contributed by atoms with Gasteiger partial charge >= 0.3 is 0 Å². The number of methoxy groups -OCH3 is 1. The minimum absolute atomic E-state index is 0.0661. The Morgan fingerprint density at radius 1 is 1.33 bits per heavy atom. The van der Waals surface area contributed by atoms with E-state index in [1.165, 1.54) is 0 Å². The molecule has 0 bridgehead atoms. The van der Waals surface area contributed by atoms with Crippen LogP contribution in [0.5, 0.6) is 0 Å². The molecule has 0 aliphatic carbocycles. The third kappa shape index (κ3) is 7.67. The zero-order valence-electron chi connectivity index (χ0n) is 12.3. The van der Waals surface area contributed by atoms with Crippen molar-refractivity contribution >= 4 is 5.91 Å². The van der Waals surface area contributed by atoms with Crippen molar-refractivity contribution in [1.29, 1.82) is 0 Å². The fourth-order valence-electron chi connectivity index (χ4n) is 1.94. The van der Waals surface area contributed by atoms with Crippen molar-refractivity contribution in [2.75, 3.05) is 20.3 Å². The monoisotopic (exact) mass is 259 g/mol. The Kier molecular flexibility index (Phi) is 9.02. The topological polar surface area (TPSA) is 58.6 Å². The first-order valence-electron chi connectivity index (χ1n) is 6.95. The molecule has 0 aromatic rings. The molecule has 0 saturated carbocycles. The van der Waals surface area contributed by atoms with Crippen molar-refractivity contribution in [3.63, 3.8) is 0 Å². The molecule has 0 heterocycles. The van der Waals surface area contributed by atoms with Crippen LogP contribution in [0.3, 0.4) is 0 Å². The molecule has 18 heavy (non-hydrogen) atoms. The molecule has 108 valence electrons. The predicted molar refractivity (Wildman–Crippen MR) is 73.4 cm³/mol. The molecule has 0 saturated heterocycles. The van der Waals surface area contributed by atoms with E-state index in [0.717, 1.165) is 25.7 Å². The number of aliphatic hydroxyl groups is 1. The molecule has 4 heteroatoms. The highest BCUT2D eigenvalue weighted by Crippen LogP contribution is 2.14. The molecule has 1 atom stereocenters. The van der Waals surface area contributed by atoms with E-state index in [1.54, 1.807) is 14.0 Å². The second-order valence-electron chi connectivity index (χ2n) is 5.23. The number of ether oxygens (including phenoxy) is 1. The van der Waals surface area contributed by atoms with Crippen LogP contribution < -0.4 is 5.32 Å². The van der Waals surface area contributed by atoms with Gasteiger partial charge in [0.2, 0.25) is 5.91 Å². The van der Waals surface area contributed by atoms with E-state index >= 15 is 0 Å². The van der Waals surface area contributed by atoms with Gasteiger partial charge in [0.15, 0.2) is 0 Å². The van der Waals surface area contributed by atoms with Crippen LogP contribution in [0.4, 0.5) is 0 Å². The fraction of sp³-hybridized carbons (Fsp3) is 0.929. The summed E-state index contributed by atoms with van der Waals surface area (Å²) in [4.78, 5) is 12.0. The zero-order valence-corrected chi connectivity index (χ0v) is 12.3. The highest BCUT2D eigenvalue weighted by atomic mass is 16.5. The van der Waals surface area contributed by atoms with Crippen LogP contribution in [0.2, 0.25) is 0 Å². The van der Waals surface area contributed by atoms with Gasteiger partial charge in [-0.1, -0.05) is 26.7 Å². The van der Waals surface area contributed by atoms with E-state index < -0.39 is 5.60 Å². The number of nitrogens with one attached hydrogen (secondary N) is 1. The van der Waals surface area contributed by atoms with Gasteiger partial charge in [0, 0.05) is 32.6 Å². The van der Waals surface area contributed by atoms with Crippen LogP contribution in [0.15, 0.2) is 0 Å². The van der Waals surface area contributed by atoms with E-state index in [9.17, 15) is 9.90 Å².